The molecule has 0 N–H and O–H groups in total. The lowest BCUT2D eigenvalue weighted by molar-refractivity contribution is 1.29. The van der Waals surface area contributed by atoms with Crippen molar-refractivity contribution in [2.75, 3.05) is 4.81 Å². The maximum Gasteiger partial charge on any atom is 0.421 e. The lowest BCUT2D eigenvalue weighted by Gasteiger charge is -2.34. The molecule has 10 rings (SSSR count). The molecule has 3 aromatic heterocycles. The van der Waals surface area contributed by atoms with E-state index in [9.17, 15) is 0 Å². The number of thiophene rings is 1. The number of fused-ring (bicyclic) bond motifs is 14. The zero-order chi connectivity index (χ0) is 25.9. The minimum absolute atomic E-state index is 0.0545. The Kier molecular flexibility index (Phi) is 3.89. The topological polar surface area (TPSA) is 21.1 Å². The lowest BCUT2D eigenvalue weighted by atomic mass is 9.60. The van der Waals surface area contributed by atoms with E-state index in [1.54, 1.807) is 0 Å². The van der Waals surface area contributed by atoms with Gasteiger partial charge in [0.1, 0.15) is 0 Å². The Hall–Kier alpha value is -4.87. The molecule has 0 spiro atoms. The molecule has 3 nitrogen and oxygen atoms in total. The van der Waals surface area contributed by atoms with Crippen LogP contribution in [0.3, 0.4) is 0 Å². The number of pyridine rings is 1. The highest BCUT2D eigenvalue weighted by molar-refractivity contribution is 7.26. The van der Waals surface area contributed by atoms with Crippen LogP contribution < -0.4 is 10.3 Å². The molecule has 0 saturated heterocycles. The van der Waals surface area contributed by atoms with E-state index in [-0.39, 0.29) is 6.98 Å². The predicted octanol–water partition coefficient (Wildman–Crippen LogP) is 8.60. The van der Waals surface area contributed by atoms with Crippen molar-refractivity contribution < 1.29 is 0 Å². The summed E-state index contributed by atoms with van der Waals surface area (Å²) >= 11 is 1.89. The second-order valence-corrected chi connectivity index (χ2v) is 11.8. The molecule has 8 aromatic rings. The van der Waals surface area contributed by atoms with Crippen LogP contribution in [-0.4, -0.2) is 16.4 Å². The van der Waals surface area contributed by atoms with E-state index in [4.69, 9.17) is 0 Å². The highest BCUT2D eigenvalue weighted by Crippen LogP contribution is 2.51. The number of aromatic nitrogens is 2. The number of anilines is 2. The number of rotatable bonds is 1. The van der Waals surface area contributed by atoms with Gasteiger partial charge in [-0.25, -0.2) is 0 Å². The molecule has 5 heterocycles. The molecule has 2 aliphatic rings. The molecule has 0 unspecified atom stereocenters. The van der Waals surface area contributed by atoms with Gasteiger partial charge in [-0.3, -0.25) is 4.98 Å². The second-order valence-electron chi connectivity index (χ2n) is 10.8. The van der Waals surface area contributed by atoms with Crippen molar-refractivity contribution in [3.05, 3.63) is 122 Å². The molecular weight excluding hydrogens is 505 g/mol. The van der Waals surface area contributed by atoms with Gasteiger partial charge in [-0.05, 0) is 52.5 Å². The quantitative estimate of drug-likeness (QED) is 0.200. The first-order valence-electron chi connectivity index (χ1n) is 13.7. The molecule has 5 heteroatoms. The molecule has 5 aromatic carbocycles. The van der Waals surface area contributed by atoms with Crippen molar-refractivity contribution in [1.29, 1.82) is 0 Å². The number of hydrogen-bond donors (Lipinski definition) is 0. The minimum Gasteiger partial charge on any atom is -0.359 e. The van der Waals surface area contributed by atoms with Crippen molar-refractivity contribution in [2.24, 2.45) is 0 Å². The van der Waals surface area contributed by atoms with Gasteiger partial charge < -0.3 is 9.29 Å². The summed E-state index contributed by atoms with van der Waals surface area (Å²) in [6, 6.07) is 40.3. The summed E-state index contributed by atoms with van der Waals surface area (Å²) in [7, 11) is 0. The number of nitrogens with zero attached hydrogens (tertiary/aromatic N) is 3. The van der Waals surface area contributed by atoms with E-state index in [0.717, 1.165) is 0 Å². The third-order valence-electron chi connectivity index (χ3n) is 8.84. The van der Waals surface area contributed by atoms with Crippen molar-refractivity contribution in [3.8, 4) is 22.3 Å². The highest BCUT2D eigenvalue weighted by Gasteiger charge is 2.45. The summed E-state index contributed by atoms with van der Waals surface area (Å²) in [4.78, 5) is 7.13. The van der Waals surface area contributed by atoms with E-state index < -0.39 is 0 Å². The zero-order valence-electron chi connectivity index (χ0n) is 21.4. The summed E-state index contributed by atoms with van der Waals surface area (Å²) in [5.74, 6) is 0. The molecular formula is C35H20BN3S. The predicted molar refractivity (Wildman–Crippen MR) is 170 cm³/mol. The van der Waals surface area contributed by atoms with Crippen LogP contribution in [0.25, 0.3) is 64.2 Å². The fourth-order valence-electron chi connectivity index (χ4n) is 7.24. The van der Waals surface area contributed by atoms with Crippen LogP contribution in [-0.2, 0) is 0 Å². The first-order chi connectivity index (χ1) is 19.9. The Morgan fingerprint density at radius 1 is 0.625 bits per heavy atom. The van der Waals surface area contributed by atoms with E-state index in [0.29, 0.717) is 0 Å². The van der Waals surface area contributed by atoms with Crippen LogP contribution in [0.15, 0.2) is 122 Å². The van der Waals surface area contributed by atoms with Gasteiger partial charge >= 0.3 is 6.98 Å². The zero-order valence-corrected chi connectivity index (χ0v) is 22.2. The largest absolute Gasteiger partial charge is 0.421 e. The maximum absolute atomic E-state index is 4.57. The van der Waals surface area contributed by atoms with Crippen LogP contribution >= 0.6 is 11.3 Å². The van der Waals surface area contributed by atoms with Crippen LogP contribution in [0.1, 0.15) is 0 Å². The van der Waals surface area contributed by atoms with Gasteiger partial charge in [0.2, 0.25) is 0 Å². The van der Waals surface area contributed by atoms with Crippen LogP contribution in [0.4, 0.5) is 11.4 Å². The average molecular weight is 525 g/mol. The van der Waals surface area contributed by atoms with Crippen molar-refractivity contribution in [3.63, 3.8) is 0 Å². The van der Waals surface area contributed by atoms with E-state index >= 15 is 0 Å². The Morgan fingerprint density at radius 3 is 2.40 bits per heavy atom. The third-order valence-corrected chi connectivity index (χ3v) is 10.1. The van der Waals surface area contributed by atoms with E-state index in [1.807, 2.05) is 23.7 Å². The summed E-state index contributed by atoms with van der Waals surface area (Å²) in [6.07, 6.45) is 3.97. The summed E-state index contributed by atoms with van der Waals surface area (Å²) in [5.41, 5.74) is 11.5. The van der Waals surface area contributed by atoms with Gasteiger partial charge in [0.05, 0.1) is 11.2 Å². The number of benzene rings is 5. The normalized spacial score (nSPS) is 13.4. The molecule has 184 valence electrons. The van der Waals surface area contributed by atoms with Gasteiger partial charge in [-0.1, -0.05) is 78.9 Å². The lowest BCUT2D eigenvalue weighted by Crippen LogP contribution is -2.51. The summed E-state index contributed by atoms with van der Waals surface area (Å²) in [5, 5.41) is 5.13. The molecule has 0 radical (unpaired) electrons. The molecule has 0 amide bonds. The van der Waals surface area contributed by atoms with Gasteiger partial charge in [0, 0.05) is 60.1 Å². The van der Waals surface area contributed by atoms with Crippen LogP contribution in [0.2, 0.25) is 0 Å². The maximum atomic E-state index is 4.57. The van der Waals surface area contributed by atoms with Crippen LogP contribution in [0, 0.1) is 0 Å². The van der Waals surface area contributed by atoms with Crippen molar-refractivity contribution in [1.82, 2.24) is 9.46 Å². The molecule has 0 bridgehead atoms. The Bertz CT molecular complexity index is 2370. The van der Waals surface area contributed by atoms with E-state index in [1.165, 1.54) is 81.1 Å². The third kappa shape index (κ3) is 2.49. The fraction of sp³-hybridized carbons (Fsp3) is 0. The van der Waals surface area contributed by atoms with Gasteiger partial charge in [-0.15, -0.1) is 11.3 Å². The fourth-order valence-corrected chi connectivity index (χ4v) is 8.47. The van der Waals surface area contributed by atoms with Crippen molar-refractivity contribution in [2.45, 2.75) is 0 Å². The van der Waals surface area contributed by atoms with Gasteiger partial charge in [-0.2, -0.15) is 0 Å². The van der Waals surface area contributed by atoms with Gasteiger partial charge in [0.15, 0.2) is 0 Å². The van der Waals surface area contributed by atoms with E-state index in [2.05, 4.69) is 123 Å². The van der Waals surface area contributed by atoms with Gasteiger partial charge in [0.25, 0.3) is 0 Å². The molecule has 0 aliphatic carbocycles. The molecule has 40 heavy (non-hydrogen) atoms. The molecule has 2 aliphatic heterocycles. The SMILES string of the molecule is c1ccc2c(c1)B1N(c3ccccc3-2)c2cc(-c3cccc4c3sc3ccccc34)cc3c4cnccc4n1c23. The number of para-hydroxylation sites is 1. The second kappa shape index (κ2) is 7.41. The summed E-state index contributed by atoms with van der Waals surface area (Å²) < 4.78 is 5.22. The minimum atomic E-state index is 0.0545. The first kappa shape index (κ1) is 21.0. The standard InChI is InChI=1S/C35H20BN3S/c1-4-13-29-23(8-1)24-9-2-5-14-30(24)38-32-19-21(18-27-28-20-37-17-16-31(28)39(34(27)32)36(29)38)22-11-7-12-26-25-10-3-6-15-33(25)40-35(22)26/h1-20H. The Balaban J connectivity index is 1.34. The summed E-state index contributed by atoms with van der Waals surface area (Å²) in [6.45, 7) is 0.0545. The molecule has 0 saturated carbocycles. The monoisotopic (exact) mass is 525 g/mol. The highest BCUT2D eigenvalue weighted by atomic mass is 32.1. The van der Waals surface area contributed by atoms with Crippen molar-refractivity contribution >= 4 is 77.1 Å². The van der Waals surface area contributed by atoms with Crippen LogP contribution in [0.5, 0.6) is 0 Å². The smallest absolute Gasteiger partial charge is 0.359 e. The Labute approximate surface area is 234 Å². The number of hydrogen-bond acceptors (Lipinski definition) is 3. The Morgan fingerprint density at radius 2 is 1.43 bits per heavy atom. The molecule has 0 fully saturated rings. The first-order valence-corrected chi connectivity index (χ1v) is 14.5. The average Bonchev–Trinajstić information content (AvgIpc) is 3.68. The molecule has 0 atom stereocenters.